The van der Waals surface area contributed by atoms with E-state index >= 15 is 0 Å². The SMILES string of the molecule is COC1CCCC1C1CCCCCC1=O. The van der Waals surface area contributed by atoms with Crippen LogP contribution in [0.2, 0.25) is 0 Å². The number of ketones is 1. The lowest BCUT2D eigenvalue weighted by Crippen LogP contribution is -2.29. The van der Waals surface area contributed by atoms with E-state index in [0.29, 0.717) is 23.7 Å². The maximum atomic E-state index is 12.0. The van der Waals surface area contributed by atoms with Crippen LogP contribution >= 0.6 is 0 Å². The molecule has 3 unspecified atom stereocenters. The number of rotatable bonds is 2. The molecule has 0 aromatic carbocycles. The molecule has 3 atom stereocenters. The van der Waals surface area contributed by atoms with E-state index in [1.165, 1.54) is 25.7 Å². The first-order chi connectivity index (χ1) is 7.33. The Bertz CT molecular complexity index is 225. The lowest BCUT2D eigenvalue weighted by Gasteiger charge is -2.25. The van der Waals surface area contributed by atoms with Crippen LogP contribution < -0.4 is 0 Å². The average molecular weight is 210 g/mol. The third-order valence-corrected chi connectivity index (χ3v) is 4.18. The standard InChI is InChI=1S/C13H22O2/c1-15-13-9-5-7-11(13)10-6-3-2-4-8-12(10)14/h10-11,13H,2-9H2,1H3. The van der Waals surface area contributed by atoms with Gasteiger partial charge in [0.2, 0.25) is 0 Å². The molecule has 2 nitrogen and oxygen atoms in total. The summed E-state index contributed by atoms with van der Waals surface area (Å²) in [6.45, 7) is 0. The number of carbonyl (C=O) groups excluding carboxylic acids is 1. The lowest BCUT2D eigenvalue weighted by atomic mass is 9.83. The van der Waals surface area contributed by atoms with E-state index < -0.39 is 0 Å². The summed E-state index contributed by atoms with van der Waals surface area (Å²) in [5.74, 6) is 1.36. The van der Waals surface area contributed by atoms with Gasteiger partial charge in [-0.15, -0.1) is 0 Å². The largest absolute Gasteiger partial charge is 0.381 e. The summed E-state index contributed by atoms with van der Waals surface area (Å²) in [5, 5.41) is 0. The van der Waals surface area contributed by atoms with Crippen molar-refractivity contribution in [3.63, 3.8) is 0 Å². The van der Waals surface area contributed by atoms with Crippen molar-refractivity contribution >= 4 is 5.78 Å². The predicted octanol–water partition coefficient (Wildman–Crippen LogP) is 2.95. The second-order valence-corrected chi connectivity index (χ2v) is 5.04. The lowest BCUT2D eigenvalue weighted by molar-refractivity contribution is -0.126. The highest BCUT2D eigenvalue weighted by Crippen LogP contribution is 2.38. The Kier molecular flexibility index (Phi) is 3.79. The highest BCUT2D eigenvalue weighted by molar-refractivity contribution is 5.81. The molecule has 0 radical (unpaired) electrons. The molecule has 0 N–H and O–H groups in total. The summed E-state index contributed by atoms with van der Waals surface area (Å²) < 4.78 is 5.51. The minimum atomic E-state index is 0.319. The van der Waals surface area contributed by atoms with Gasteiger partial charge in [0.05, 0.1) is 6.10 Å². The molecule has 0 spiro atoms. The minimum absolute atomic E-state index is 0.319. The number of carbonyl (C=O) groups is 1. The first-order valence-electron chi connectivity index (χ1n) is 6.38. The molecule has 0 bridgehead atoms. The fourth-order valence-corrected chi connectivity index (χ4v) is 3.35. The zero-order valence-corrected chi connectivity index (χ0v) is 9.71. The average Bonchev–Trinajstić information content (AvgIpc) is 2.61. The first-order valence-corrected chi connectivity index (χ1v) is 6.38. The molecule has 0 aliphatic heterocycles. The predicted molar refractivity (Wildman–Crippen MR) is 59.7 cm³/mol. The Hall–Kier alpha value is -0.370. The van der Waals surface area contributed by atoms with Crippen LogP contribution in [-0.4, -0.2) is 19.0 Å². The summed E-state index contributed by atoms with van der Waals surface area (Å²) in [5.41, 5.74) is 0. The third kappa shape index (κ3) is 2.41. The third-order valence-electron chi connectivity index (χ3n) is 4.18. The fraction of sp³-hybridized carbons (Fsp3) is 0.923. The number of hydrogen-bond acceptors (Lipinski definition) is 2. The van der Waals surface area contributed by atoms with E-state index in [9.17, 15) is 4.79 Å². The molecule has 0 heterocycles. The zero-order valence-electron chi connectivity index (χ0n) is 9.71. The molecule has 0 saturated heterocycles. The molecule has 0 aromatic heterocycles. The Labute approximate surface area is 92.4 Å². The van der Waals surface area contributed by atoms with Gasteiger partial charge in [-0.1, -0.05) is 19.3 Å². The Balaban J connectivity index is 2.03. The maximum Gasteiger partial charge on any atom is 0.136 e. The maximum absolute atomic E-state index is 12.0. The van der Waals surface area contributed by atoms with Crippen LogP contribution in [0.1, 0.15) is 51.4 Å². The fourth-order valence-electron chi connectivity index (χ4n) is 3.35. The molecule has 2 saturated carbocycles. The highest BCUT2D eigenvalue weighted by Gasteiger charge is 2.37. The van der Waals surface area contributed by atoms with Gasteiger partial charge in [-0.25, -0.2) is 0 Å². The summed E-state index contributed by atoms with van der Waals surface area (Å²) in [4.78, 5) is 12.0. The Morgan fingerprint density at radius 3 is 2.73 bits per heavy atom. The topological polar surface area (TPSA) is 26.3 Å². The molecular weight excluding hydrogens is 188 g/mol. The van der Waals surface area contributed by atoms with Crippen LogP contribution in [-0.2, 0) is 9.53 Å². The van der Waals surface area contributed by atoms with Crippen LogP contribution in [0.5, 0.6) is 0 Å². The van der Waals surface area contributed by atoms with Crippen molar-refractivity contribution in [2.45, 2.75) is 57.5 Å². The van der Waals surface area contributed by atoms with Crippen LogP contribution in [0, 0.1) is 11.8 Å². The van der Waals surface area contributed by atoms with Crippen molar-refractivity contribution in [1.82, 2.24) is 0 Å². The molecule has 2 fully saturated rings. The quantitative estimate of drug-likeness (QED) is 0.655. The first kappa shape index (κ1) is 11.1. The van der Waals surface area contributed by atoms with Gasteiger partial charge < -0.3 is 4.74 Å². The summed E-state index contributed by atoms with van der Waals surface area (Å²) in [6.07, 6.45) is 9.49. The van der Waals surface area contributed by atoms with E-state index in [-0.39, 0.29) is 0 Å². The normalized spacial score (nSPS) is 37.9. The van der Waals surface area contributed by atoms with Gasteiger partial charge in [0.1, 0.15) is 5.78 Å². The van der Waals surface area contributed by atoms with Gasteiger partial charge in [-0.05, 0) is 31.6 Å². The minimum Gasteiger partial charge on any atom is -0.381 e. The van der Waals surface area contributed by atoms with Crippen molar-refractivity contribution in [3.05, 3.63) is 0 Å². The molecule has 15 heavy (non-hydrogen) atoms. The van der Waals surface area contributed by atoms with Crippen LogP contribution in [0.15, 0.2) is 0 Å². The number of methoxy groups -OCH3 is 1. The van der Waals surface area contributed by atoms with E-state index in [2.05, 4.69) is 0 Å². The number of hydrogen-bond donors (Lipinski definition) is 0. The van der Waals surface area contributed by atoms with Crippen molar-refractivity contribution in [2.24, 2.45) is 11.8 Å². The van der Waals surface area contributed by atoms with E-state index in [0.717, 1.165) is 25.7 Å². The van der Waals surface area contributed by atoms with Crippen LogP contribution in [0.3, 0.4) is 0 Å². The van der Waals surface area contributed by atoms with Crippen molar-refractivity contribution in [3.8, 4) is 0 Å². The molecule has 86 valence electrons. The smallest absolute Gasteiger partial charge is 0.136 e. The molecule has 0 aromatic rings. The van der Waals surface area contributed by atoms with Crippen LogP contribution in [0.25, 0.3) is 0 Å². The zero-order chi connectivity index (χ0) is 10.7. The van der Waals surface area contributed by atoms with Gasteiger partial charge in [-0.2, -0.15) is 0 Å². The molecule has 0 amide bonds. The Morgan fingerprint density at radius 2 is 1.93 bits per heavy atom. The van der Waals surface area contributed by atoms with Gasteiger partial charge in [-0.3, -0.25) is 4.79 Å². The Morgan fingerprint density at radius 1 is 1.07 bits per heavy atom. The summed E-state index contributed by atoms with van der Waals surface area (Å²) >= 11 is 0. The number of ether oxygens (including phenoxy) is 1. The number of Topliss-reactive ketones (excluding diaryl/α,β-unsaturated/α-hetero) is 1. The van der Waals surface area contributed by atoms with E-state index in [4.69, 9.17) is 4.74 Å². The van der Waals surface area contributed by atoms with Gasteiger partial charge in [0.15, 0.2) is 0 Å². The second-order valence-electron chi connectivity index (χ2n) is 5.04. The van der Waals surface area contributed by atoms with Crippen molar-refractivity contribution < 1.29 is 9.53 Å². The van der Waals surface area contributed by atoms with E-state index in [1.807, 2.05) is 0 Å². The highest BCUT2D eigenvalue weighted by atomic mass is 16.5. The van der Waals surface area contributed by atoms with Crippen molar-refractivity contribution in [1.29, 1.82) is 0 Å². The molecule has 2 heteroatoms. The monoisotopic (exact) mass is 210 g/mol. The summed E-state index contributed by atoms with van der Waals surface area (Å²) in [7, 11) is 1.80. The molecule has 2 aliphatic rings. The summed E-state index contributed by atoms with van der Waals surface area (Å²) in [6, 6.07) is 0. The van der Waals surface area contributed by atoms with Crippen LogP contribution in [0.4, 0.5) is 0 Å². The second kappa shape index (κ2) is 5.11. The van der Waals surface area contributed by atoms with E-state index in [1.54, 1.807) is 7.11 Å². The van der Waals surface area contributed by atoms with Crippen molar-refractivity contribution in [2.75, 3.05) is 7.11 Å². The van der Waals surface area contributed by atoms with Gasteiger partial charge in [0, 0.05) is 19.4 Å². The van der Waals surface area contributed by atoms with Gasteiger partial charge in [0.25, 0.3) is 0 Å². The molecule has 2 rings (SSSR count). The molecular formula is C13H22O2. The van der Waals surface area contributed by atoms with Gasteiger partial charge >= 0.3 is 0 Å². The molecule has 2 aliphatic carbocycles.